The van der Waals surface area contributed by atoms with Crippen LogP contribution in [0.5, 0.6) is 5.75 Å². The molecule has 1 aromatic carbocycles. The molecule has 4 rings (SSSR count). The molecule has 158 valence electrons. The summed E-state index contributed by atoms with van der Waals surface area (Å²) in [5.41, 5.74) is 1.14. The normalized spacial score (nSPS) is 24.4. The number of fused-ring (bicyclic) bond motifs is 1. The molecule has 2 aliphatic heterocycles. The molecule has 2 heterocycles. The monoisotopic (exact) mass is 419 g/mol. The van der Waals surface area contributed by atoms with E-state index in [-0.39, 0.29) is 36.1 Å². The fourth-order valence-corrected chi connectivity index (χ4v) is 4.54. The number of hydrogen-bond donors (Lipinski definition) is 0. The number of piperazine rings is 1. The van der Waals surface area contributed by atoms with Crippen LogP contribution in [0.15, 0.2) is 36.4 Å². The van der Waals surface area contributed by atoms with Gasteiger partial charge in [0.05, 0.1) is 24.1 Å². The molecule has 1 aromatic rings. The third-order valence-corrected chi connectivity index (χ3v) is 6.12. The summed E-state index contributed by atoms with van der Waals surface area (Å²) in [6, 6.07) is 8.17. The second kappa shape index (κ2) is 9.63. The first-order valence-corrected chi connectivity index (χ1v) is 10.4. The molecule has 7 heteroatoms. The van der Waals surface area contributed by atoms with Crippen LogP contribution in [0.25, 0.3) is 0 Å². The lowest BCUT2D eigenvalue weighted by Gasteiger charge is -2.37. The Morgan fingerprint density at radius 3 is 2.17 bits per heavy atom. The van der Waals surface area contributed by atoms with Crippen molar-refractivity contribution < 1.29 is 14.3 Å². The number of nitrogens with zero attached hydrogens (tertiary/aromatic N) is 3. The molecule has 0 spiro atoms. The van der Waals surface area contributed by atoms with Crippen molar-refractivity contribution in [2.24, 2.45) is 11.8 Å². The van der Waals surface area contributed by atoms with E-state index in [2.05, 4.69) is 15.9 Å². The fraction of sp³-hybridized carbons (Fsp3) is 0.545. The van der Waals surface area contributed by atoms with Crippen LogP contribution in [0, 0.1) is 11.8 Å². The van der Waals surface area contributed by atoms with Gasteiger partial charge in [0, 0.05) is 39.3 Å². The Balaban J connectivity index is 0.00000240. The minimum atomic E-state index is -0.121. The third kappa shape index (κ3) is 4.43. The first-order chi connectivity index (χ1) is 13.7. The number of carbonyl (C=O) groups is 2. The molecule has 0 saturated carbocycles. The highest BCUT2D eigenvalue weighted by atomic mass is 35.5. The first-order valence-electron chi connectivity index (χ1n) is 10.4. The van der Waals surface area contributed by atoms with Crippen LogP contribution in [-0.2, 0) is 9.59 Å². The number of likely N-dealkylation sites (tertiary alicyclic amines) is 1. The number of ether oxygens (including phenoxy) is 1. The van der Waals surface area contributed by atoms with Gasteiger partial charge in [-0.3, -0.25) is 19.4 Å². The maximum Gasteiger partial charge on any atom is 0.233 e. The van der Waals surface area contributed by atoms with Crippen LogP contribution in [0.1, 0.15) is 19.8 Å². The number of halogens is 1. The topological polar surface area (TPSA) is 53.1 Å². The molecule has 2 unspecified atom stereocenters. The maximum atomic E-state index is 12.6. The number of anilines is 1. The van der Waals surface area contributed by atoms with E-state index < -0.39 is 0 Å². The SMILES string of the molecule is CCOc1ccccc1N1CCN(CCN2C(=O)C3CC=CCC3C2=O)CC1.Cl. The highest BCUT2D eigenvalue weighted by Gasteiger charge is 2.46. The van der Waals surface area contributed by atoms with E-state index in [0.29, 0.717) is 26.0 Å². The average Bonchev–Trinajstić information content (AvgIpc) is 2.98. The lowest BCUT2D eigenvalue weighted by Crippen LogP contribution is -2.49. The number of carbonyl (C=O) groups excluding carboxylic acids is 2. The highest BCUT2D eigenvalue weighted by molar-refractivity contribution is 6.05. The summed E-state index contributed by atoms with van der Waals surface area (Å²) in [5.74, 6) is 0.754. The van der Waals surface area contributed by atoms with Crippen LogP contribution in [0.3, 0.4) is 0 Å². The molecule has 3 aliphatic rings. The van der Waals surface area contributed by atoms with Gasteiger partial charge in [-0.2, -0.15) is 0 Å². The first kappa shape index (κ1) is 21.7. The van der Waals surface area contributed by atoms with E-state index in [1.54, 1.807) is 0 Å². The van der Waals surface area contributed by atoms with Gasteiger partial charge in [-0.15, -0.1) is 12.4 Å². The summed E-state index contributed by atoms with van der Waals surface area (Å²) in [4.78, 5) is 31.4. The van der Waals surface area contributed by atoms with Gasteiger partial charge in [-0.25, -0.2) is 0 Å². The number of hydrogen-bond acceptors (Lipinski definition) is 5. The van der Waals surface area contributed by atoms with Crippen molar-refractivity contribution in [3.05, 3.63) is 36.4 Å². The van der Waals surface area contributed by atoms with Crippen molar-refractivity contribution >= 4 is 29.9 Å². The second-order valence-electron chi connectivity index (χ2n) is 7.71. The third-order valence-electron chi connectivity index (χ3n) is 6.12. The zero-order chi connectivity index (χ0) is 19.5. The summed E-state index contributed by atoms with van der Waals surface area (Å²) >= 11 is 0. The van der Waals surface area contributed by atoms with E-state index in [4.69, 9.17) is 4.74 Å². The molecule has 1 aliphatic carbocycles. The van der Waals surface area contributed by atoms with E-state index in [9.17, 15) is 9.59 Å². The molecule has 0 bridgehead atoms. The minimum absolute atomic E-state index is 0. The second-order valence-corrected chi connectivity index (χ2v) is 7.71. The smallest absolute Gasteiger partial charge is 0.233 e. The molecule has 2 amide bonds. The number of benzene rings is 1. The molecule has 0 aromatic heterocycles. The zero-order valence-electron chi connectivity index (χ0n) is 17.0. The molecule has 0 radical (unpaired) electrons. The van der Waals surface area contributed by atoms with Crippen molar-refractivity contribution in [3.8, 4) is 5.75 Å². The van der Waals surface area contributed by atoms with Crippen molar-refractivity contribution in [3.63, 3.8) is 0 Å². The van der Waals surface area contributed by atoms with Gasteiger partial charge in [0.25, 0.3) is 0 Å². The van der Waals surface area contributed by atoms with Crippen molar-refractivity contribution in [2.45, 2.75) is 19.8 Å². The summed E-state index contributed by atoms with van der Waals surface area (Å²) < 4.78 is 5.76. The standard InChI is InChI=1S/C22H29N3O3.ClH/c1-2-28-20-10-6-5-9-19(20)24-14-11-23(12-15-24)13-16-25-21(26)17-7-3-4-8-18(17)22(25)27;/h3-6,9-10,17-18H,2,7-8,11-16H2,1H3;1H. The minimum Gasteiger partial charge on any atom is -0.492 e. The van der Waals surface area contributed by atoms with Crippen LogP contribution in [-0.4, -0.2) is 67.5 Å². The van der Waals surface area contributed by atoms with Gasteiger partial charge in [-0.1, -0.05) is 24.3 Å². The van der Waals surface area contributed by atoms with Crippen molar-refractivity contribution in [2.75, 3.05) is 50.8 Å². The van der Waals surface area contributed by atoms with E-state index >= 15 is 0 Å². The fourth-order valence-electron chi connectivity index (χ4n) is 4.54. The van der Waals surface area contributed by atoms with E-state index in [1.165, 1.54) is 4.90 Å². The lowest BCUT2D eigenvalue weighted by atomic mass is 9.85. The average molecular weight is 420 g/mol. The molecular formula is C22H30ClN3O3. The summed E-state index contributed by atoms with van der Waals surface area (Å²) in [6.07, 6.45) is 5.50. The highest BCUT2D eigenvalue weighted by Crippen LogP contribution is 2.35. The van der Waals surface area contributed by atoms with Crippen LogP contribution in [0.2, 0.25) is 0 Å². The molecule has 6 nitrogen and oxygen atoms in total. The molecule has 29 heavy (non-hydrogen) atoms. The Morgan fingerprint density at radius 2 is 1.55 bits per heavy atom. The van der Waals surface area contributed by atoms with Gasteiger partial charge in [0.2, 0.25) is 11.8 Å². The van der Waals surface area contributed by atoms with Gasteiger partial charge in [0.1, 0.15) is 5.75 Å². The largest absolute Gasteiger partial charge is 0.492 e. The van der Waals surface area contributed by atoms with Gasteiger partial charge in [-0.05, 0) is 31.9 Å². The van der Waals surface area contributed by atoms with Crippen LogP contribution >= 0.6 is 12.4 Å². The quantitative estimate of drug-likeness (QED) is 0.524. The van der Waals surface area contributed by atoms with E-state index in [1.807, 2.05) is 37.3 Å². The van der Waals surface area contributed by atoms with Crippen molar-refractivity contribution in [1.82, 2.24) is 9.80 Å². The molecule has 2 fully saturated rings. The summed E-state index contributed by atoms with van der Waals surface area (Å²) in [6.45, 7) is 7.61. The molecular weight excluding hydrogens is 390 g/mol. The Morgan fingerprint density at radius 1 is 0.931 bits per heavy atom. The number of imide groups is 1. The predicted octanol–water partition coefficient (Wildman–Crippen LogP) is 2.58. The van der Waals surface area contributed by atoms with E-state index in [0.717, 1.165) is 44.2 Å². The lowest BCUT2D eigenvalue weighted by molar-refractivity contribution is -0.140. The Hall–Kier alpha value is -2.05. The molecule has 2 atom stereocenters. The Kier molecular flexibility index (Phi) is 7.19. The maximum absolute atomic E-state index is 12.6. The Bertz CT molecular complexity index is 735. The predicted molar refractivity (Wildman–Crippen MR) is 116 cm³/mol. The Labute approximate surface area is 178 Å². The molecule has 2 saturated heterocycles. The van der Waals surface area contributed by atoms with Crippen molar-refractivity contribution in [1.29, 1.82) is 0 Å². The molecule has 0 N–H and O–H groups in total. The number of amides is 2. The van der Waals surface area contributed by atoms with Gasteiger partial charge in [0.15, 0.2) is 0 Å². The summed E-state index contributed by atoms with van der Waals surface area (Å²) in [7, 11) is 0. The van der Waals surface area contributed by atoms with Gasteiger partial charge >= 0.3 is 0 Å². The summed E-state index contributed by atoms with van der Waals surface area (Å²) in [5, 5.41) is 0. The number of allylic oxidation sites excluding steroid dienone is 2. The van der Waals surface area contributed by atoms with Gasteiger partial charge < -0.3 is 9.64 Å². The number of rotatable bonds is 6. The van der Waals surface area contributed by atoms with Crippen LogP contribution in [0.4, 0.5) is 5.69 Å². The zero-order valence-corrected chi connectivity index (χ0v) is 17.8. The van der Waals surface area contributed by atoms with Crippen LogP contribution < -0.4 is 9.64 Å². The number of para-hydroxylation sites is 2.